The van der Waals surface area contributed by atoms with Crippen LogP contribution in [0.15, 0.2) is 116 Å². The van der Waals surface area contributed by atoms with Crippen molar-refractivity contribution >= 4 is 59.0 Å². The van der Waals surface area contributed by atoms with Crippen molar-refractivity contribution in [3.8, 4) is 28.4 Å². The molecule has 0 aliphatic rings. The van der Waals surface area contributed by atoms with Gasteiger partial charge in [-0.2, -0.15) is 11.2 Å². The molecule has 0 saturated carbocycles. The van der Waals surface area contributed by atoms with Crippen molar-refractivity contribution in [3.63, 3.8) is 0 Å². The summed E-state index contributed by atoms with van der Waals surface area (Å²) in [7, 11) is 0. The molecule has 0 unspecified atom stereocenters. The number of aromatic nitrogens is 5. The molecule has 0 aliphatic heterocycles. The first-order valence-electron chi connectivity index (χ1n) is 13.5. The van der Waals surface area contributed by atoms with E-state index < -0.39 is 0 Å². The summed E-state index contributed by atoms with van der Waals surface area (Å²) in [5.74, 6) is 1.16. The smallest absolute Gasteiger partial charge is 0.503 e. The molecule has 4 aromatic carbocycles. The largest absolute Gasteiger partial charge is 2.00 e. The van der Waals surface area contributed by atoms with Crippen molar-refractivity contribution in [2.45, 2.75) is 0 Å². The van der Waals surface area contributed by atoms with Gasteiger partial charge in [0.25, 0.3) is 0 Å². The van der Waals surface area contributed by atoms with Crippen LogP contribution in [0.25, 0.3) is 64.6 Å². The molecule has 6 nitrogen and oxygen atoms in total. The van der Waals surface area contributed by atoms with Crippen molar-refractivity contribution < 1.29 is 25.8 Å². The standard InChI is InChI=1S/C35H19N5OS.Pt/c1-2-9-32-27(7-1)29-19-22(10-13-33(29)42-32)31-14-17-40(38-31)23-5-3-6-24(20-23)41-25-11-12-26-28-8-4-15-36-34(28)39-18-16-37-35(39)30(26)21-25;/h1-19H;/q-2;+2. The second kappa shape index (κ2) is 10.2. The molecule has 9 aromatic rings. The van der Waals surface area contributed by atoms with Gasteiger partial charge in [-0.25, -0.2) is 4.98 Å². The summed E-state index contributed by atoms with van der Waals surface area (Å²) in [6, 6.07) is 37.7. The maximum atomic E-state index is 6.25. The number of fused-ring (bicyclic) bond motifs is 9. The number of pyridine rings is 2. The van der Waals surface area contributed by atoms with Gasteiger partial charge in [0.1, 0.15) is 5.65 Å². The van der Waals surface area contributed by atoms with Crippen LogP contribution in [-0.4, -0.2) is 24.1 Å². The van der Waals surface area contributed by atoms with E-state index in [1.165, 1.54) is 20.2 Å². The van der Waals surface area contributed by atoms with Crippen LogP contribution in [0.5, 0.6) is 11.5 Å². The maximum Gasteiger partial charge on any atom is 2.00 e. The van der Waals surface area contributed by atoms with E-state index in [1.54, 1.807) is 12.4 Å². The summed E-state index contributed by atoms with van der Waals surface area (Å²) >= 11 is 1.82. The fraction of sp³-hybridized carbons (Fsp3) is 0. The molecule has 0 fully saturated rings. The molecular formula is C35H19N5OPtS. The van der Waals surface area contributed by atoms with E-state index in [1.807, 2.05) is 75.3 Å². The maximum absolute atomic E-state index is 6.25. The van der Waals surface area contributed by atoms with Crippen LogP contribution in [0.1, 0.15) is 0 Å². The molecule has 0 atom stereocenters. The van der Waals surface area contributed by atoms with Crippen molar-refractivity contribution in [1.82, 2.24) is 24.1 Å². The summed E-state index contributed by atoms with van der Waals surface area (Å²) in [4.78, 5) is 9.14. The van der Waals surface area contributed by atoms with E-state index in [0.29, 0.717) is 11.5 Å². The third-order valence-corrected chi connectivity index (χ3v) is 8.72. The van der Waals surface area contributed by atoms with Gasteiger partial charge in [-0.1, -0.05) is 47.2 Å². The molecule has 8 heteroatoms. The van der Waals surface area contributed by atoms with Crippen LogP contribution in [0, 0.1) is 12.1 Å². The van der Waals surface area contributed by atoms with Crippen molar-refractivity contribution in [3.05, 3.63) is 128 Å². The Labute approximate surface area is 264 Å². The van der Waals surface area contributed by atoms with E-state index in [2.05, 4.69) is 70.6 Å². The van der Waals surface area contributed by atoms with Crippen LogP contribution >= 0.6 is 11.3 Å². The Morgan fingerprint density at radius 3 is 2.49 bits per heavy atom. The Morgan fingerprint density at radius 1 is 0.651 bits per heavy atom. The molecule has 0 N–H and O–H groups in total. The Hall–Kier alpha value is -4.84. The van der Waals surface area contributed by atoms with Gasteiger partial charge in [0.05, 0.1) is 11.3 Å². The van der Waals surface area contributed by atoms with Crippen LogP contribution in [0.4, 0.5) is 0 Å². The zero-order chi connectivity index (χ0) is 27.6. The Bertz CT molecular complexity index is 2480. The Morgan fingerprint density at radius 2 is 1.51 bits per heavy atom. The Balaban J connectivity index is 0.00000278. The molecule has 0 amide bonds. The van der Waals surface area contributed by atoms with E-state index in [0.717, 1.165) is 44.4 Å². The molecule has 5 heterocycles. The molecule has 43 heavy (non-hydrogen) atoms. The normalized spacial score (nSPS) is 11.5. The van der Waals surface area contributed by atoms with Gasteiger partial charge in [0.2, 0.25) is 0 Å². The second-order valence-electron chi connectivity index (χ2n) is 10.1. The number of ether oxygens (including phenoxy) is 1. The van der Waals surface area contributed by atoms with Gasteiger partial charge in [-0.15, -0.1) is 41.7 Å². The fourth-order valence-corrected chi connectivity index (χ4v) is 6.73. The van der Waals surface area contributed by atoms with Crippen molar-refractivity contribution in [2.75, 3.05) is 0 Å². The number of thiophene rings is 1. The zero-order valence-electron chi connectivity index (χ0n) is 22.3. The molecule has 206 valence electrons. The monoisotopic (exact) mass is 752 g/mol. The average Bonchev–Trinajstić information content (AvgIpc) is 3.80. The molecule has 0 saturated heterocycles. The van der Waals surface area contributed by atoms with E-state index in [-0.39, 0.29) is 21.1 Å². The topological polar surface area (TPSA) is 57.2 Å². The van der Waals surface area contributed by atoms with Gasteiger partial charge < -0.3 is 9.14 Å². The van der Waals surface area contributed by atoms with E-state index in [9.17, 15) is 0 Å². The van der Waals surface area contributed by atoms with Gasteiger partial charge in [-0.05, 0) is 41.4 Å². The van der Waals surface area contributed by atoms with Crippen molar-refractivity contribution in [1.29, 1.82) is 0 Å². The van der Waals surface area contributed by atoms with Crippen LogP contribution in [0.2, 0.25) is 0 Å². The fourth-order valence-electron chi connectivity index (χ4n) is 5.64. The first-order chi connectivity index (χ1) is 20.8. The van der Waals surface area contributed by atoms with Crippen LogP contribution in [-0.2, 0) is 21.1 Å². The van der Waals surface area contributed by atoms with Gasteiger partial charge in [-0.3, -0.25) is 9.67 Å². The first-order valence-corrected chi connectivity index (χ1v) is 14.3. The molecule has 9 rings (SSSR count). The van der Waals surface area contributed by atoms with E-state index >= 15 is 0 Å². The average molecular weight is 753 g/mol. The number of hydrogen-bond acceptors (Lipinski definition) is 5. The summed E-state index contributed by atoms with van der Waals surface area (Å²) in [6.45, 7) is 0. The number of hydrogen-bond donors (Lipinski definition) is 0. The number of imidazole rings is 1. The van der Waals surface area contributed by atoms with E-state index in [4.69, 9.17) is 9.84 Å². The summed E-state index contributed by atoms with van der Waals surface area (Å²) in [6.07, 6.45) is 7.45. The van der Waals surface area contributed by atoms with Gasteiger partial charge in [0, 0.05) is 62.0 Å². The predicted molar refractivity (Wildman–Crippen MR) is 168 cm³/mol. The molecule has 0 aliphatic carbocycles. The Kier molecular flexibility index (Phi) is 6.10. The molecule has 0 bridgehead atoms. The third-order valence-electron chi connectivity index (χ3n) is 7.57. The minimum absolute atomic E-state index is 0. The molecule has 5 aromatic heterocycles. The second-order valence-corrected chi connectivity index (χ2v) is 11.1. The summed E-state index contributed by atoms with van der Waals surface area (Å²) < 4.78 is 12.6. The predicted octanol–water partition coefficient (Wildman–Crippen LogP) is 8.65. The molecular weight excluding hydrogens is 734 g/mol. The quantitative estimate of drug-likeness (QED) is 0.134. The van der Waals surface area contributed by atoms with Gasteiger partial charge >= 0.3 is 21.1 Å². The minimum atomic E-state index is 0. The third kappa shape index (κ3) is 4.23. The summed E-state index contributed by atoms with van der Waals surface area (Å²) in [5.41, 5.74) is 4.42. The van der Waals surface area contributed by atoms with Crippen LogP contribution < -0.4 is 4.74 Å². The SMILES string of the molecule is [Pt+2].[c-]1c(Oc2[c-]c3c(cc2)c2cccnc2n2ccnc32)cccc1-n1ccc(-c2ccc3sc4ccccc4c3c2)n1. The summed E-state index contributed by atoms with van der Waals surface area (Å²) in [5, 5.41) is 10.4. The molecule has 0 spiro atoms. The minimum Gasteiger partial charge on any atom is -0.503 e. The van der Waals surface area contributed by atoms with Gasteiger partial charge in [0.15, 0.2) is 0 Å². The zero-order valence-corrected chi connectivity index (χ0v) is 25.4. The van der Waals surface area contributed by atoms with Crippen LogP contribution in [0.3, 0.4) is 0 Å². The molecule has 0 radical (unpaired) electrons. The number of nitrogens with zero attached hydrogens (tertiary/aromatic N) is 5. The first kappa shape index (κ1) is 25.8. The van der Waals surface area contributed by atoms with Crippen molar-refractivity contribution in [2.24, 2.45) is 0 Å². The number of benzene rings is 4. The number of rotatable bonds is 4.